The van der Waals surface area contributed by atoms with Crippen molar-refractivity contribution in [3.8, 4) is 0 Å². The van der Waals surface area contributed by atoms with Crippen LogP contribution in [0.15, 0.2) is 11.5 Å². The fourth-order valence-electron chi connectivity index (χ4n) is 2.44. The molecule has 2 amide bonds. The molecule has 5 N–H and O–H groups in total. The number of nitrogens with zero attached hydrogens (tertiary/aromatic N) is 1. The molecule has 188 valence electrons. The number of hydrogen-bond donors (Lipinski definition) is 4. The molecule has 0 spiro atoms. The average molecular weight is 461 g/mol. The summed E-state index contributed by atoms with van der Waals surface area (Å²) in [5, 5.41) is 14.0. The number of carboxylic acid groups (broad SMARTS) is 1. The van der Waals surface area contributed by atoms with Crippen molar-refractivity contribution in [3.63, 3.8) is 0 Å². The molecule has 0 bridgehead atoms. The van der Waals surface area contributed by atoms with Gasteiger partial charge in [-0.3, -0.25) is 9.59 Å². The van der Waals surface area contributed by atoms with Gasteiger partial charge in [-0.05, 0) is 46.6 Å². The maximum atomic E-state index is 12.5. The van der Waals surface area contributed by atoms with E-state index in [1.807, 2.05) is 13.8 Å². The number of nitrogens with two attached hydrogens (primary N) is 1. The summed E-state index contributed by atoms with van der Waals surface area (Å²) in [7, 11) is 3.11. The van der Waals surface area contributed by atoms with E-state index >= 15 is 0 Å². The van der Waals surface area contributed by atoms with Crippen molar-refractivity contribution < 1.29 is 29.0 Å². The third-order valence-corrected chi connectivity index (χ3v) is 4.43. The van der Waals surface area contributed by atoms with Gasteiger partial charge in [0, 0.05) is 13.6 Å². The molecule has 0 aromatic carbocycles. The topological polar surface area (TPSA) is 143 Å². The molecule has 0 aromatic heterocycles. The fraction of sp³-hybridized carbons (Fsp3) is 0.773. The lowest BCUT2D eigenvalue weighted by Crippen LogP contribution is -2.49. The molecule has 0 aliphatic heterocycles. The molecular formula is C22H44N4O6. The number of amides is 2. The van der Waals surface area contributed by atoms with Crippen molar-refractivity contribution in [3.05, 3.63) is 11.5 Å². The van der Waals surface area contributed by atoms with Crippen LogP contribution in [0.3, 0.4) is 0 Å². The maximum absolute atomic E-state index is 12.5. The number of alkyl carbamates (subject to hydrolysis) is 1. The van der Waals surface area contributed by atoms with E-state index in [1.165, 1.54) is 7.11 Å². The molecule has 0 rings (SSSR count). The summed E-state index contributed by atoms with van der Waals surface area (Å²) in [4.78, 5) is 37.0. The minimum atomic E-state index is -1.14. The number of rotatable bonds is 11. The Bertz CT molecular complexity index is 614. The minimum absolute atomic E-state index is 0.112. The van der Waals surface area contributed by atoms with E-state index in [4.69, 9.17) is 20.3 Å². The van der Waals surface area contributed by atoms with Gasteiger partial charge in [-0.2, -0.15) is 0 Å². The Hall–Kier alpha value is -2.49. The van der Waals surface area contributed by atoms with Crippen molar-refractivity contribution in [2.75, 3.05) is 33.8 Å². The predicted octanol–water partition coefficient (Wildman–Crippen LogP) is 2.29. The molecule has 32 heavy (non-hydrogen) atoms. The summed E-state index contributed by atoms with van der Waals surface area (Å²) in [6.07, 6.45) is 1.37. The second kappa shape index (κ2) is 16.2. The number of ether oxygens (including phenoxy) is 2. The van der Waals surface area contributed by atoms with Gasteiger partial charge in [-0.25, -0.2) is 4.79 Å². The Labute approximate surface area is 192 Å². The van der Waals surface area contributed by atoms with E-state index in [0.29, 0.717) is 12.3 Å². The van der Waals surface area contributed by atoms with Crippen LogP contribution in [0, 0.1) is 5.92 Å². The number of nitrogens with one attached hydrogen (secondary N) is 2. The number of carboxylic acids is 1. The van der Waals surface area contributed by atoms with Crippen LogP contribution in [0.4, 0.5) is 4.79 Å². The number of carbonyl (C=O) groups excluding carboxylic acids is 2. The lowest BCUT2D eigenvalue weighted by atomic mass is 9.98. The predicted molar refractivity (Wildman–Crippen MR) is 125 cm³/mol. The first kappa shape index (κ1) is 31.7. The van der Waals surface area contributed by atoms with Gasteiger partial charge < -0.3 is 35.8 Å². The molecule has 2 atom stereocenters. The first-order chi connectivity index (χ1) is 14.7. The lowest BCUT2D eigenvalue weighted by Gasteiger charge is -2.32. The van der Waals surface area contributed by atoms with E-state index < -0.39 is 30.1 Å². The summed E-state index contributed by atoms with van der Waals surface area (Å²) in [5.74, 6) is -1.26. The lowest BCUT2D eigenvalue weighted by molar-refractivity contribution is -0.137. The number of methoxy groups -OCH3 is 1. The standard InChI is InChI=1S/C19H35N3O6.C3H9N/c1-9-12(2)14(21-18(26)28-19(4,5)6)11-22(7)16(13(3)27-8)17(25)20-10-15(23)24;1-2-3-4/h12,14H,9-11H2,1-8H3,(H,20,25)(H,21,26)(H,23,24);2-4H2,1H3/b16-13-;. The second-order valence-corrected chi connectivity index (χ2v) is 8.49. The van der Waals surface area contributed by atoms with Gasteiger partial charge in [0.2, 0.25) is 0 Å². The van der Waals surface area contributed by atoms with Gasteiger partial charge >= 0.3 is 12.1 Å². The largest absolute Gasteiger partial charge is 0.499 e. The van der Waals surface area contributed by atoms with Crippen LogP contribution in [-0.4, -0.2) is 73.4 Å². The molecule has 0 radical (unpaired) electrons. The smallest absolute Gasteiger partial charge is 0.407 e. The molecule has 0 fully saturated rings. The molecular weight excluding hydrogens is 416 g/mol. The molecule has 0 saturated carbocycles. The van der Waals surface area contributed by atoms with Gasteiger partial charge in [0.05, 0.1) is 13.2 Å². The zero-order chi connectivity index (χ0) is 25.5. The van der Waals surface area contributed by atoms with E-state index in [2.05, 4.69) is 17.6 Å². The summed E-state index contributed by atoms with van der Waals surface area (Å²) in [6.45, 7) is 13.7. The monoisotopic (exact) mass is 460 g/mol. The van der Waals surface area contributed by atoms with Crippen molar-refractivity contribution in [2.24, 2.45) is 11.7 Å². The van der Waals surface area contributed by atoms with Crippen LogP contribution in [0.1, 0.15) is 61.3 Å². The van der Waals surface area contributed by atoms with Crippen LogP contribution < -0.4 is 16.4 Å². The summed E-state index contributed by atoms with van der Waals surface area (Å²) in [5.41, 5.74) is 4.60. The molecule has 2 unspecified atom stereocenters. The highest BCUT2D eigenvalue weighted by atomic mass is 16.6. The van der Waals surface area contributed by atoms with Gasteiger partial charge in [0.25, 0.3) is 5.91 Å². The Balaban J connectivity index is 0. The van der Waals surface area contributed by atoms with Crippen molar-refractivity contribution >= 4 is 18.0 Å². The number of allylic oxidation sites excluding steroid dienone is 1. The molecule has 10 heteroatoms. The number of hydrogen-bond acceptors (Lipinski definition) is 7. The maximum Gasteiger partial charge on any atom is 0.407 e. The average Bonchev–Trinajstić information content (AvgIpc) is 2.69. The zero-order valence-electron chi connectivity index (χ0n) is 21.2. The molecule has 0 aliphatic carbocycles. The number of aliphatic carboxylic acids is 1. The van der Waals surface area contributed by atoms with Crippen LogP contribution in [-0.2, 0) is 19.1 Å². The number of likely N-dealkylation sites (N-methyl/N-ethyl adjacent to an activating group) is 1. The van der Waals surface area contributed by atoms with Crippen LogP contribution in [0.25, 0.3) is 0 Å². The van der Waals surface area contributed by atoms with E-state index in [1.54, 1.807) is 39.6 Å². The summed E-state index contributed by atoms with van der Waals surface area (Å²) in [6, 6.07) is -0.295. The zero-order valence-corrected chi connectivity index (χ0v) is 21.2. The highest BCUT2D eigenvalue weighted by molar-refractivity contribution is 5.94. The summed E-state index contributed by atoms with van der Waals surface area (Å²) < 4.78 is 10.5. The van der Waals surface area contributed by atoms with Crippen molar-refractivity contribution in [1.29, 1.82) is 0 Å². The first-order valence-corrected chi connectivity index (χ1v) is 10.9. The van der Waals surface area contributed by atoms with Crippen LogP contribution in [0.2, 0.25) is 0 Å². The third-order valence-electron chi connectivity index (χ3n) is 4.43. The molecule has 0 saturated heterocycles. The minimum Gasteiger partial charge on any atom is -0.499 e. The Kier molecular flexibility index (Phi) is 16.0. The highest BCUT2D eigenvalue weighted by Crippen LogP contribution is 2.16. The highest BCUT2D eigenvalue weighted by Gasteiger charge is 2.27. The number of carbonyl (C=O) groups is 3. The fourth-order valence-corrected chi connectivity index (χ4v) is 2.44. The molecule has 0 heterocycles. The SMILES string of the molecule is CCC(C)C(CN(C)/C(C(=O)NCC(=O)O)=C(/C)OC)NC(=O)OC(C)(C)C.CCCN. The van der Waals surface area contributed by atoms with Crippen LogP contribution >= 0.6 is 0 Å². The van der Waals surface area contributed by atoms with Gasteiger partial charge in [0.1, 0.15) is 23.6 Å². The Morgan fingerprint density at radius 3 is 2.09 bits per heavy atom. The first-order valence-electron chi connectivity index (χ1n) is 10.9. The van der Waals surface area contributed by atoms with Crippen molar-refractivity contribution in [1.82, 2.24) is 15.5 Å². The summed E-state index contributed by atoms with van der Waals surface area (Å²) >= 11 is 0. The third kappa shape index (κ3) is 14.5. The molecule has 0 aliphatic rings. The van der Waals surface area contributed by atoms with Gasteiger partial charge in [0.15, 0.2) is 0 Å². The van der Waals surface area contributed by atoms with Gasteiger partial charge in [-0.1, -0.05) is 27.2 Å². The quantitative estimate of drug-likeness (QED) is 0.272. The Morgan fingerprint density at radius 1 is 1.19 bits per heavy atom. The molecule has 10 nitrogen and oxygen atoms in total. The Morgan fingerprint density at radius 2 is 1.72 bits per heavy atom. The van der Waals surface area contributed by atoms with Gasteiger partial charge in [-0.15, -0.1) is 0 Å². The second-order valence-electron chi connectivity index (χ2n) is 8.49. The van der Waals surface area contributed by atoms with Crippen molar-refractivity contribution in [2.45, 2.75) is 73.0 Å². The van der Waals surface area contributed by atoms with E-state index in [0.717, 1.165) is 19.4 Å². The van der Waals surface area contributed by atoms with E-state index in [-0.39, 0.29) is 17.7 Å². The van der Waals surface area contributed by atoms with Crippen LogP contribution in [0.5, 0.6) is 0 Å². The van der Waals surface area contributed by atoms with E-state index in [9.17, 15) is 14.4 Å². The molecule has 0 aromatic rings. The normalized spacial score (nSPS) is 13.4.